The number of carbonyl (C=O) groups is 15. The van der Waals surface area contributed by atoms with Gasteiger partial charge in [0.15, 0.2) is 24.2 Å². The van der Waals surface area contributed by atoms with Gasteiger partial charge in [0.25, 0.3) is 0 Å². The number of cyclic esters (lactones) is 1. The van der Waals surface area contributed by atoms with Crippen molar-refractivity contribution in [2.24, 2.45) is 57.5 Å². The molecular formula is C70H105F6N15O23. The average Bonchev–Trinajstić information content (AvgIpc) is 0.816. The summed E-state index contributed by atoms with van der Waals surface area (Å²) in [6, 6.07) is -5.82. The van der Waals surface area contributed by atoms with Gasteiger partial charge < -0.3 is 116 Å². The second kappa shape index (κ2) is 48.1. The number of nitrogens with one attached hydrogen (secondary N) is 10. The zero-order chi connectivity index (χ0) is 87.6. The maximum atomic E-state index is 15.7. The smallest absolute Gasteiger partial charge is 0.490 e. The number of rotatable bonds is 26. The summed E-state index contributed by atoms with van der Waals surface area (Å²) >= 11 is 0. The molecule has 0 aromatic heterocycles. The molecule has 1 heterocycles. The average molecular weight is 1640 g/mol. The summed E-state index contributed by atoms with van der Waals surface area (Å²) in [6.45, 7) is 15.4. The van der Waals surface area contributed by atoms with E-state index in [9.17, 15) is 84.8 Å². The number of aliphatic hydroxyl groups is 3. The third-order valence-electron chi connectivity index (χ3n) is 16.4. The van der Waals surface area contributed by atoms with E-state index in [2.05, 4.69) is 52.8 Å². The lowest BCUT2D eigenvalue weighted by atomic mass is 9.95. The molecule has 3 rings (SSSR count). The molecule has 0 aliphatic carbocycles. The summed E-state index contributed by atoms with van der Waals surface area (Å²) in [7, 11) is 1.31. The third-order valence-corrected chi connectivity index (χ3v) is 16.4. The van der Waals surface area contributed by atoms with E-state index in [0.717, 1.165) is 6.92 Å². The lowest BCUT2D eigenvalue weighted by molar-refractivity contribution is -0.193. The Bertz CT molecular complexity index is 3600. The van der Waals surface area contributed by atoms with Gasteiger partial charge in [0.2, 0.25) is 65.0 Å². The van der Waals surface area contributed by atoms with Gasteiger partial charge in [-0.2, -0.15) is 26.3 Å². The molecule has 1 saturated heterocycles. The highest BCUT2D eigenvalue weighted by Gasteiger charge is 2.45. The van der Waals surface area contributed by atoms with Crippen molar-refractivity contribution in [1.82, 2.24) is 53.2 Å². The Kier molecular flexibility index (Phi) is 42.6. The number of ether oxygens (including phenoxy) is 3. The fraction of sp³-hybridized carbons (Fsp3) is 0.600. The van der Waals surface area contributed by atoms with Gasteiger partial charge in [0, 0.05) is 6.54 Å². The SMILES string of the molecule is CC[C@H](C)[C@@H]1NC(=O)[C@@H](CCCN=C(N)N)NC(=O)[C@H](CC(C)C)NC(=O)[C@H]([C@H](O)C(C)C)NC(=O)[C@@H](NC(=O)[C@H](CC(C)C)NC(=O)[C@H](N)CC(C)C)[C@@H](c2ccccc2)OC(=O)[C@H](COC(=O)c2cccc(OC)c2)NC(=O)[C@H]([C@H](O)C(N)=O)NC(=O)CNC(=O)[C@H]([C@H](C)O)NC1=O.O=C(O)C(F)(F)F.O=C(O)C(F)(F)F. The lowest BCUT2D eigenvalue weighted by Gasteiger charge is -2.34. The van der Waals surface area contributed by atoms with Crippen LogP contribution in [0.4, 0.5) is 26.3 Å². The highest BCUT2D eigenvalue weighted by Crippen LogP contribution is 2.26. The second-order valence-corrected chi connectivity index (χ2v) is 27.8. The van der Waals surface area contributed by atoms with Crippen LogP contribution in [0.1, 0.15) is 137 Å². The molecule has 0 spiro atoms. The van der Waals surface area contributed by atoms with Crippen molar-refractivity contribution in [3.8, 4) is 5.75 Å². The molecule has 11 amide bonds. The molecule has 1 fully saturated rings. The summed E-state index contributed by atoms with van der Waals surface area (Å²) in [6.07, 6.45) is -18.6. The number of benzene rings is 2. The van der Waals surface area contributed by atoms with Crippen molar-refractivity contribution >= 4 is 94.8 Å². The molecule has 0 unspecified atom stereocenters. The van der Waals surface area contributed by atoms with E-state index in [1.165, 1.54) is 75.6 Å². The summed E-state index contributed by atoms with van der Waals surface area (Å²) in [5.74, 6) is -24.2. The molecular weight excluding hydrogens is 1530 g/mol. The first-order chi connectivity index (χ1) is 52.8. The quantitative estimate of drug-likeness (QED) is 0.0155. The van der Waals surface area contributed by atoms with Crippen LogP contribution in [0.2, 0.25) is 0 Å². The Morgan fingerprint density at radius 1 is 0.623 bits per heavy atom. The number of guanidine groups is 1. The number of methoxy groups -OCH3 is 1. The zero-order valence-corrected chi connectivity index (χ0v) is 64.6. The highest BCUT2D eigenvalue weighted by atomic mass is 19.4. The Labute approximate surface area is 651 Å². The number of esters is 2. The number of halogens is 6. The maximum absolute atomic E-state index is 15.7. The molecule has 0 bridgehead atoms. The number of hydrogen-bond donors (Lipinski definition) is 19. The molecule has 0 saturated carbocycles. The fourth-order valence-electron chi connectivity index (χ4n) is 10.2. The summed E-state index contributed by atoms with van der Waals surface area (Å²) in [5, 5.41) is 72.5. The molecule has 114 heavy (non-hydrogen) atoms. The van der Waals surface area contributed by atoms with E-state index in [1.54, 1.807) is 41.5 Å². The van der Waals surface area contributed by atoms with E-state index in [0.29, 0.717) is 0 Å². The standard InChI is InChI=1S/C66H103N15O19.2C2HF3O2/c1-13-35(10)46-60(92)79-47(36(11)82)59(91)72-29-45(83)77-49(52(85)54(68)86)62(94)76-44(30-99-64(96)38-21-17-22-39(28-38)98-12)65(97)100-53(37-19-15-14-16-20-37)50(81-58(90)43(27-33(6)7)74-55(87)40(67)25-31(2)3)63(95)80-48(51(84)34(8)9)61(93)75-42(26-32(4)5)57(89)73-41(56(88)78-46)23-18-24-71-66(69)70;2*3-2(4,5)1(6)7/h14-17,19-22,28,31-36,40-44,46-53,82,84-85H,13,18,23-27,29-30,67H2,1-12H3,(H2,68,86)(H,72,91)(H,73,89)(H,74,87)(H,75,93)(H,76,94)(H,77,83)(H,78,88)(H,79,92)(H,80,95)(H,81,90)(H4,69,70,71);2*(H,6,7)/t35-,36-,40+,41+,42-,43-,44-,46-,47-,48-,49-,50-,51+,52-,53+;;/m0../s1. The van der Waals surface area contributed by atoms with Gasteiger partial charge in [-0.15, -0.1) is 0 Å². The first kappa shape index (κ1) is 101. The van der Waals surface area contributed by atoms with E-state index in [-0.39, 0.29) is 79.7 Å². The van der Waals surface area contributed by atoms with Gasteiger partial charge in [0.05, 0.1) is 37.5 Å². The first-order valence-electron chi connectivity index (χ1n) is 35.6. The van der Waals surface area contributed by atoms with Crippen LogP contribution in [0.25, 0.3) is 0 Å². The number of nitrogens with two attached hydrogens (primary N) is 4. The Morgan fingerprint density at radius 3 is 1.64 bits per heavy atom. The second-order valence-electron chi connectivity index (χ2n) is 27.8. The summed E-state index contributed by atoms with van der Waals surface area (Å²) in [4.78, 5) is 209. The minimum atomic E-state index is -5.08. The van der Waals surface area contributed by atoms with E-state index in [4.69, 9.17) is 56.9 Å². The monoisotopic (exact) mass is 1640 g/mol. The number of carboxylic acids is 2. The third kappa shape index (κ3) is 35.8. The van der Waals surface area contributed by atoms with Crippen molar-refractivity contribution in [3.63, 3.8) is 0 Å². The predicted molar refractivity (Wildman–Crippen MR) is 390 cm³/mol. The first-order valence-corrected chi connectivity index (χ1v) is 35.6. The minimum Gasteiger partial charge on any atom is -0.497 e. The molecule has 1 aliphatic rings. The number of aliphatic carboxylic acids is 2. The Balaban J connectivity index is 0.00000422. The number of primary amides is 1. The molecule has 2 aromatic rings. The van der Waals surface area contributed by atoms with Gasteiger partial charge in [-0.1, -0.05) is 112 Å². The largest absolute Gasteiger partial charge is 0.497 e. The number of amides is 11. The highest BCUT2D eigenvalue weighted by molar-refractivity contribution is 6.00. The molecule has 15 atom stereocenters. The van der Waals surface area contributed by atoms with Crippen LogP contribution >= 0.6 is 0 Å². The number of aliphatic imine (C=N–C) groups is 1. The fourth-order valence-corrected chi connectivity index (χ4v) is 10.2. The normalized spacial score (nSPS) is 21.8. The number of carboxylic acid groups (broad SMARTS) is 2. The van der Waals surface area contributed by atoms with Crippen molar-refractivity contribution in [2.75, 3.05) is 26.8 Å². The van der Waals surface area contributed by atoms with Crippen LogP contribution in [-0.4, -0.2) is 238 Å². The summed E-state index contributed by atoms with van der Waals surface area (Å²) < 4.78 is 80.4. The van der Waals surface area contributed by atoms with Gasteiger partial charge in [-0.25, -0.2) is 19.2 Å². The molecule has 2 aromatic carbocycles. The molecule has 23 N–H and O–H groups in total. The molecule has 0 radical (unpaired) electrons. The lowest BCUT2D eigenvalue weighted by Crippen LogP contribution is -2.64. The predicted octanol–water partition coefficient (Wildman–Crippen LogP) is -2.29. The van der Waals surface area contributed by atoms with Crippen LogP contribution in [0, 0.1) is 29.6 Å². The van der Waals surface area contributed by atoms with Crippen molar-refractivity contribution < 1.29 is 138 Å². The van der Waals surface area contributed by atoms with E-state index >= 15 is 19.2 Å². The number of carbonyl (C=O) groups excluding carboxylic acids is 13. The van der Waals surface area contributed by atoms with Gasteiger partial charge >= 0.3 is 36.2 Å². The zero-order valence-electron chi connectivity index (χ0n) is 64.6. The van der Waals surface area contributed by atoms with Crippen LogP contribution in [0.5, 0.6) is 5.75 Å². The van der Waals surface area contributed by atoms with Crippen LogP contribution < -0.4 is 80.8 Å². The Morgan fingerprint density at radius 2 is 1.14 bits per heavy atom. The van der Waals surface area contributed by atoms with Crippen molar-refractivity contribution in [3.05, 3.63) is 65.7 Å². The Hall–Kier alpha value is -11.0. The van der Waals surface area contributed by atoms with Crippen LogP contribution in [-0.2, 0) is 76.6 Å². The van der Waals surface area contributed by atoms with E-state index < -0.39 is 217 Å². The molecule has 1 aliphatic heterocycles. The number of hydrogen-bond acceptors (Lipinski definition) is 23. The molecule has 640 valence electrons. The van der Waals surface area contributed by atoms with Crippen molar-refractivity contribution in [1.29, 1.82) is 0 Å². The topological polar surface area (TPSA) is 622 Å². The minimum absolute atomic E-state index is 0.0305. The van der Waals surface area contributed by atoms with Crippen LogP contribution in [0.3, 0.4) is 0 Å². The number of nitrogens with zero attached hydrogens (tertiary/aromatic N) is 1. The van der Waals surface area contributed by atoms with Gasteiger partial charge in [-0.3, -0.25) is 57.7 Å². The van der Waals surface area contributed by atoms with E-state index in [1.807, 2.05) is 19.2 Å². The summed E-state index contributed by atoms with van der Waals surface area (Å²) in [5.41, 5.74) is 22.6. The van der Waals surface area contributed by atoms with Gasteiger partial charge in [-0.05, 0) is 92.4 Å². The number of aliphatic hydroxyl groups excluding tert-OH is 3. The maximum Gasteiger partial charge on any atom is 0.490 e. The molecule has 38 nitrogen and oxygen atoms in total. The van der Waals surface area contributed by atoms with Crippen molar-refractivity contribution in [2.45, 2.75) is 212 Å². The van der Waals surface area contributed by atoms with Gasteiger partial charge in [0.1, 0.15) is 60.7 Å². The molecule has 44 heteroatoms. The van der Waals surface area contributed by atoms with Crippen LogP contribution in [0.15, 0.2) is 59.6 Å². The number of alkyl halides is 6.